The number of hydrogen-bond acceptors (Lipinski definition) is 4. The van der Waals surface area contributed by atoms with Crippen molar-refractivity contribution >= 4 is 11.8 Å². The van der Waals surface area contributed by atoms with Crippen LogP contribution in [0, 0.1) is 5.92 Å². The molecule has 2 fully saturated rings. The second-order valence-corrected chi connectivity index (χ2v) is 8.11. The fraction of sp³-hybridized carbons (Fsp3) is 0.636. The minimum absolute atomic E-state index is 0.0159. The van der Waals surface area contributed by atoms with Crippen LogP contribution in [0.25, 0.3) is 0 Å². The molecule has 0 spiro atoms. The van der Waals surface area contributed by atoms with Crippen molar-refractivity contribution in [2.24, 2.45) is 5.92 Å². The van der Waals surface area contributed by atoms with Gasteiger partial charge in [0, 0.05) is 32.2 Å². The standard InChI is InChI=1S/C22H33N3O3/c1-17(2)20(24-11-13-28-14-12-24)16-23-22(27)19-9-6-10-25(19)21(26)15-18-7-4-3-5-8-18/h3-5,7-8,17,19-20H,6,9-16H2,1-2H3,(H,23,27). The zero-order chi connectivity index (χ0) is 19.9. The van der Waals surface area contributed by atoms with Gasteiger partial charge in [0.2, 0.25) is 11.8 Å². The monoisotopic (exact) mass is 387 g/mol. The molecule has 0 aromatic heterocycles. The van der Waals surface area contributed by atoms with Gasteiger partial charge >= 0.3 is 0 Å². The SMILES string of the molecule is CC(C)C(CNC(=O)C1CCCN1C(=O)Cc1ccccc1)N1CCOCC1. The molecule has 2 aliphatic rings. The van der Waals surface area contributed by atoms with Crippen LogP contribution in [0.4, 0.5) is 0 Å². The molecule has 0 aliphatic carbocycles. The minimum atomic E-state index is -0.339. The van der Waals surface area contributed by atoms with E-state index in [1.54, 1.807) is 4.90 Å². The molecular weight excluding hydrogens is 354 g/mol. The van der Waals surface area contributed by atoms with Crippen molar-refractivity contribution in [3.63, 3.8) is 0 Å². The van der Waals surface area contributed by atoms with Crippen LogP contribution in [-0.4, -0.2) is 73.1 Å². The number of benzene rings is 1. The molecule has 28 heavy (non-hydrogen) atoms. The van der Waals surface area contributed by atoms with E-state index in [9.17, 15) is 9.59 Å². The number of rotatable bonds is 7. The largest absolute Gasteiger partial charge is 0.379 e. The zero-order valence-electron chi connectivity index (χ0n) is 17.1. The Labute approximate surface area is 168 Å². The van der Waals surface area contributed by atoms with E-state index in [4.69, 9.17) is 4.74 Å². The van der Waals surface area contributed by atoms with Crippen molar-refractivity contribution in [1.29, 1.82) is 0 Å². The predicted octanol–water partition coefficient (Wildman–Crippen LogP) is 1.69. The van der Waals surface area contributed by atoms with E-state index in [1.165, 1.54) is 0 Å². The molecule has 3 rings (SSSR count). The Morgan fingerprint density at radius 3 is 2.54 bits per heavy atom. The molecule has 6 nitrogen and oxygen atoms in total. The topological polar surface area (TPSA) is 61.9 Å². The normalized spacial score (nSPS) is 21.7. The molecule has 2 unspecified atom stereocenters. The number of nitrogens with one attached hydrogen (secondary N) is 1. The lowest BCUT2D eigenvalue weighted by Gasteiger charge is -2.37. The molecule has 0 saturated carbocycles. The van der Waals surface area contributed by atoms with Gasteiger partial charge in [0.15, 0.2) is 0 Å². The third-order valence-electron chi connectivity index (χ3n) is 5.84. The van der Waals surface area contributed by atoms with Gasteiger partial charge in [-0.15, -0.1) is 0 Å². The molecule has 1 N–H and O–H groups in total. The van der Waals surface area contributed by atoms with E-state index >= 15 is 0 Å². The van der Waals surface area contributed by atoms with Crippen LogP contribution in [0.3, 0.4) is 0 Å². The van der Waals surface area contributed by atoms with Crippen LogP contribution in [-0.2, 0) is 20.7 Å². The van der Waals surface area contributed by atoms with Crippen LogP contribution < -0.4 is 5.32 Å². The highest BCUT2D eigenvalue weighted by Crippen LogP contribution is 2.19. The Morgan fingerprint density at radius 1 is 1.14 bits per heavy atom. The maximum absolute atomic E-state index is 12.9. The molecular formula is C22H33N3O3. The Hall–Kier alpha value is -1.92. The Morgan fingerprint density at radius 2 is 1.86 bits per heavy atom. The number of amides is 2. The van der Waals surface area contributed by atoms with Crippen molar-refractivity contribution in [1.82, 2.24) is 15.1 Å². The van der Waals surface area contributed by atoms with Crippen molar-refractivity contribution in [3.8, 4) is 0 Å². The summed E-state index contributed by atoms with van der Waals surface area (Å²) in [7, 11) is 0. The van der Waals surface area contributed by atoms with Gasteiger partial charge in [-0.2, -0.15) is 0 Å². The lowest BCUT2D eigenvalue weighted by Crippen LogP contribution is -2.53. The average Bonchev–Trinajstić information content (AvgIpc) is 3.19. The van der Waals surface area contributed by atoms with E-state index in [0.29, 0.717) is 31.5 Å². The fourth-order valence-electron chi connectivity index (χ4n) is 4.23. The third kappa shape index (κ3) is 5.32. The molecule has 2 saturated heterocycles. The lowest BCUT2D eigenvalue weighted by molar-refractivity contribution is -0.138. The summed E-state index contributed by atoms with van der Waals surface area (Å²) in [6, 6.07) is 9.69. The van der Waals surface area contributed by atoms with Crippen LogP contribution in [0.1, 0.15) is 32.3 Å². The number of carbonyl (C=O) groups excluding carboxylic acids is 2. The summed E-state index contributed by atoms with van der Waals surface area (Å²) in [6.45, 7) is 8.99. The van der Waals surface area contributed by atoms with Crippen LogP contribution in [0.15, 0.2) is 30.3 Å². The summed E-state index contributed by atoms with van der Waals surface area (Å²) in [5, 5.41) is 3.14. The highest BCUT2D eigenvalue weighted by Gasteiger charge is 2.34. The maximum atomic E-state index is 12.9. The van der Waals surface area contributed by atoms with Crippen molar-refractivity contribution in [2.75, 3.05) is 39.4 Å². The molecule has 2 heterocycles. The summed E-state index contributed by atoms with van der Waals surface area (Å²) < 4.78 is 5.45. The number of carbonyl (C=O) groups is 2. The smallest absolute Gasteiger partial charge is 0.242 e. The van der Waals surface area contributed by atoms with Gasteiger partial charge in [0.1, 0.15) is 6.04 Å². The number of ether oxygens (including phenoxy) is 1. The van der Waals surface area contributed by atoms with E-state index in [0.717, 1.165) is 44.7 Å². The van der Waals surface area contributed by atoms with Crippen LogP contribution in [0.2, 0.25) is 0 Å². The number of hydrogen-bond donors (Lipinski definition) is 1. The zero-order valence-corrected chi connectivity index (χ0v) is 17.1. The molecule has 6 heteroatoms. The lowest BCUT2D eigenvalue weighted by atomic mass is 10.0. The van der Waals surface area contributed by atoms with Gasteiger partial charge in [-0.1, -0.05) is 44.2 Å². The Balaban J connectivity index is 1.55. The van der Waals surface area contributed by atoms with Gasteiger partial charge < -0.3 is 15.0 Å². The van der Waals surface area contributed by atoms with Crippen LogP contribution >= 0.6 is 0 Å². The highest BCUT2D eigenvalue weighted by atomic mass is 16.5. The molecule has 154 valence electrons. The van der Waals surface area contributed by atoms with Gasteiger partial charge in [0.05, 0.1) is 19.6 Å². The first kappa shape index (κ1) is 20.8. The summed E-state index contributed by atoms with van der Waals surface area (Å²) in [4.78, 5) is 29.8. The summed E-state index contributed by atoms with van der Waals surface area (Å²) in [5.41, 5.74) is 0.991. The highest BCUT2D eigenvalue weighted by molar-refractivity contribution is 5.89. The molecule has 1 aromatic rings. The van der Waals surface area contributed by atoms with E-state index < -0.39 is 0 Å². The fourth-order valence-corrected chi connectivity index (χ4v) is 4.23. The predicted molar refractivity (Wildman–Crippen MR) is 109 cm³/mol. The first-order valence-electron chi connectivity index (χ1n) is 10.5. The van der Waals surface area contributed by atoms with Gasteiger partial charge in [0.25, 0.3) is 0 Å². The first-order chi connectivity index (χ1) is 13.6. The third-order valence-corrected chi connectivity index (χ3v) is 5.84. The second-order valence-electron chi connectivity index (χ2n) is 8.11. The van der Waals surface area contributed by atoms with Gasteiger partial charge in [-0.25, -0.2) is 0 Å². The maximum Gasteiger partial charge on any atom is 0.242 e. The quantitative estimate of drug-likeness (QED) is 0.774. The molecule has 2 amide bonds. The number of nitrogens with zero attached hydrogens (tertiary/aromatic N) is 2. The average molecular weight is 388 g/mol. The summed E-state index contributed by atoms with van der Waals surface area (Å²) >= 11 is 0. The summed E-state index contributed by atoms with van der Waals surface area (Å²) in [6.07, 6.45) is 1.99. The second kappa shape index (κ2) is 10.0. The van der Waals surface area contributed by atoms with Crippen molar-refractivity contribution in [2.45, 2.75) is 45.2 Å². The van der Waals surface area contributed by atoms with Gasteiger partial charge in [-0.3, -0.25) is 14.5 Å². The molecule has 0 radical (unpaired) electrons. The van der Waals surface area contributed by atoms with Crippen molar-refractivity contribution in [3.05, 3.63) is 35.9 Å². The van der Waals surface area contributed by atoms with Crippen LogP contribution in [0.5, 0.6) is 0 Å². The minimum Gasteiger partial charge on any atom is -0.379 e. The summed E-state index contributed by atoms with van der Waals surface area (Å²) in [5.74, 6) is 0.466. The van der Waals surface area contributed by atoms with E-state index in [1.807, 2.05) is 30.3 Å². The van der Waals surface area contributed by atoms with E-state index in [-0.39, 0.29) is 17.9 Å². The molecule has 0 bridgehead atoms. The number of morpholine rings is 1. The number of likely N-dealkylation sites (tertiary alicyclic amines) is 1. The first-order valence-corrected chi connectivity index (χ1v) is 10.5. The Kier molecular flexibility index (Phi) is 7.45. The van der Waals surface area contributed by atoms with Gasteiger partial charge in [-0.05, 0) is 24.3 Å². The Bertz CT molecular complexity index is 644. The molecule has 2 atom stereocenters. The molecule has 2 aliphatic heterocycles. The molecule has 1 aromatic carbocycles. The van der Waals surface area contributed by atoms with Crippen molar-refractivity contribution < 1.29 is 14.3 Å². The van der Waals surface area contributed by atoms with E-state index in [2.05, 4.69) is 24.1 Å².